The van der Waals surface area contributed by atoms with Crippen molar-refractivity contribution in [1.82, 2.24) is 0 Å². The molecule has 1 aromatic rings. The van der Waals surface area contributed by atoms with Crippen molar-refractivity contribution in [3.05, 3.63) is 26.6 Å². The Morgan fingerprint density at radius 2 is 1.80 bits per heavy atom. The van der Waals surface area contributed by atoms with Crippen molar-refractivity contribution >= 4 is 43.5 Å². The molecule has 2 N–H and O–H groups in total. The Bertz CT molecular complexity index is 368. The average molecular weight is 337 g/mol. The Kier molecular flexibility index (Phi) is 4.16. The molecule has 0 heterocycles. The first-order chi connectivity index (χ1) is 6.91. The standard InChI is InChI=1S/C10H11Br2NO2/c1-5(2)13-9-7(11)3-6(10(14)15)4-8(9)12/h3-5,13H,1-2H3,(H,14,15). The van der Waals surface area contributed by atoms with Gasteiger partial charge >= 0.3 is 5.97 Å². The zero-order valence-corrected chi connectivity index (χ0v) is 11.5. The third-order valence-corrected chi connectivity index (χ3v) is 2.97. The number of carbonyl (C=O) groups is 1. The maximum absolute atomic E-state index is 10.8. The molecule has 0 fully saturated rings. The SMILES string of the molecule is CC(C)Nc1c(Br)cc(C(=O)O)cc1Br. The number of rotatable bonds is 3. The number of carboxylic acids is 1. The van der Waals surface area contributed by atoms with Crippen molar-refractivity contribution < 1.29 is 9.90 Å². The fourth-order valence-corrected chi connectivity index (χ4v) is 2.54. The highest BCUT2D eigenvalue weighted by Gasteiger charge is 2.11. The van der Waals surface area contributed by atoms with Gasteiger partial charge in [-0.1, -0.05) is 0 Å². The molecule has 0 aliphatic heterocycles. The first kappa shape index (κ1) is 12.5. The molecule has 5 heteroatoms. The van der Waals surface area contributed by atoms with Crippen molar-refractivity contribution in [2.75, 3.05) is 5.32 Å². The lowest BCUT2D eigenvalue weighted by atomic mass is 10.2. The van der Waals surface area contributed by atoms with Gasteiger partial charge in [-0.2, -0.15) is 0 Å². The number of anilines is 1. The largest absolute Gasteiger partial charge is 0.478 e. The monoisotopic (exact) mass is 335 g/mol. The van der Waals surface area contributed by atoms with Crippen LogP contribution in [0, 0.1) is 0 Å². The van der Waals surface area contributed by atoms with Gasteiger partial charge in [0.2, 0.25) is 0 Å². The molecule has 15 heavy (non-hydrogen) atoms. The minimum absolute atomic E-state index is 0.253. The van der Waals surface area contributed by atoms with Gasteiger partial charge in [0.15, 0.2) is 0 Å². The summed E-state index contributed by atoms with van der Waals surface area (Å²) in [5.41, 5.74) is 1.12. The first-order valence-corrected chi connectivity index (χ1v) is 5.99. The zero-order valence-electron chi connectivity index (χ0n) is 8.34. The highest BCUT2D eigenvalue weighted by atomic mass is 79.9. The summed E-state index contributed by atoms with van der Waals surface area (Å²) < 4.78 is 1.48. The molecule has 0 saturated carbocycles. The summed E-state index contributed by atoms with van der Waals surface area (Å²) in [7, 11) is 0. The molecule has 0 unspecified atom stereocenters. The number of nitrogens with one attached hydrogen (secondary N) is 1. The van der Waals surface area contributed by atoms with Gasteiger partial charge in [-0.3, -0.25) is 0 Å². The Balaban J connectivity index is 3.15. The maximum atomic E-state index is 10.8. The van der Waals surface area contributed by atoms with Crippen molar-refractivity contribution in [2.45, 2.75) is 19.9 Å². The van der Waals surface area contributed by atoms with E-state index in [-0.39, 0.29) is 11.6 Å². The maximum Gasteiger partial charge on any atom is 0.335 e. The molecule has 0 aromatic heterocycles. The van der Waals surface area contributed by atoms with Gasteiger partial charge < -0.3 is 10.4 Å². The fraction of sp³-hybridized carbons (Fsp3) is 0.300. The minimum atomic E-state index is -0.938. The van der Waals surface area contributed by atoms with E-state index in [0.29, 0.717) is 0 Å². The second-order valence-corrected chi connectivity index (χ2v) is 5.13. The number of halogens is 2. The van der Waals surface area contributed by atoms with Gasteiger partial charge in [0.1, 0.15) is 0 Å². The Labute approximate surface area is 105 Å². The summed E-state index contributed by atoms with van der Waals surface area (Å²) in [5, 5.41) is 12.1. The molecule has 1 rings (SSSR count). The predicted molar refractivity (Wildman–Crippen MR) is 67.6 cm³/mol. The van der Waals surface area contributed by atoms with Gasteiger partial charge in [0, 0.05) is 15.0 Å². The first-order valence-electron chi connectivity index (χ1n) is 4.40. The summed E-state index contributed by atoms with van der Waals surface area (Å²) in [6, 6.07) is 3.45. The normalized spacial score (nSPS) is 10.5. The molecule has 0 atom stereocenters. The van der Waals surface area contributed by atoms with Crippen molar-refractivity contribution in [1.29, 1.82) is 0 Å². The van der Waals surface area contributed by atoms with Crippen LogP contribution >= 0.6 is 31.9 Å². The Hall–Kier alpha value is -0.550. The molecule has 82 valence electrons. The number of carboxylic acid groups (broad SMARTS) is 1. The highest BCUT2D eigenvalue weighted by Crippen LogP contribution is 2.32. The number of aromatic carboxylic acids is 1. The van der Waals surface area contributed by atoms with Crippen LogP contribution in [0.1, 0.15) is 24.2 Å². The molecule has 0 bridgehead atoms. The van der Waals surface area contributed by atoms with Crippen LogP contribution in [-0.4, -0.2) is 17.1 Å². The minimum Gasteiger partial charge on any atom is -0.478 e. The van der Waals surface area contributed by atoms with Gasteiger partial charge in [0.05, 0.1) is 11.3 Å². The van der Waals surface area contributed by atoms with E-state index in [4.69, 9.17) is 5.11 Å². The van der Waals surface area contributed by atoms with Crippen molar-refractivity contribution in [2.24, 2.45) is 0 Å². The van der Waals surface area contributed by atoms with Crippen LogP contribution in [0.4, 0.5) is 5.69 Å². The van der Waals surface area contributed by atoms with Crippen LogP contribution in [0.5, 0.6) is 0 Å². The topological polar surface area (TPSA) is 49.3 Å². The van der Waals surface area contributed by atoms with E-state index in [1.165, 1.54) is 0 Å². The molecule has 1 aromatic carbocycles. The molecular formula is C10H11Br2NO2. The van der Waals surface area contributed by atoms with Crippen LogP contribution in [0.3, 0.4) is 0 Å². The number of benzene rings is 1. The van der Waals surface area contributed by atoms with E-state index in [2.05, 4.69) is 37.2 Å². The zero-order chi connectivity index (χ0) is 11.6. The summed E-state index contributed by atoms with van der Waals surface area (Å²) in [4.78, 5) is 10.8. The molecule has 0 aliphatic rings. The molecule has 0 radical (unpaired) electrons. The van der Waals surface area contributed by atoms with E-state index < -0.39 is 5.97 Å². The third-order valence-electron chi connectivity index (χ3n) is 1.72. The quantitative estimate of drug-likeness (QED) is 0.884. The predicted octanol–water partition coefficient (Wildman–Crippen LogP) is 3.73. The fourth-order valence-electron chi connectivity index (χ4n) is 1.12. The van der Waals surface area contributed by atoms with E-state index in [0.717, 1.165) is 14.6 Å². The van der Waals surface area contributed by atoms with Crippen LogP contribution in [0.15, 0.2) is 21.1 Å². The second kappa shape index (κ2) is 4.99. The second-order valence-electron chi connectivity index (χ2n) is 3.42. The van der Waals surface area contributed by atoms with E-state index in [9.17, 15) is 4.79 Å². The lowest BCUT2D eigenvalue weighted by Gasteiger charge is -2.14. The number of hydrogen-bond acceptors (Lipinski definition) is 2. The van der Waals surface area contributed by atoms with Crippen LogP contribution in [0.25, 0.3) is 0 Å². The van der Waals surface area contributed by atoms with E-state index >= 15 is 0 Å². The van der Waals surface area contributed by atoms with E-state index in [1.54, 1.807) is 12.1 Å². The molecule has 0 aliphatic carbocycles. The van der Waals surface area contributed by atoms with Crippen LogP contribution in [-0.2, 0) is 0 Å². The van der Waals surface area contributed by atoms with Gasteiger partial charge in [-0.25, -0.2) is 4.79 Å². The summed E-state index contributed by atoms with van der Waals surface area (Å²) in [5.74, 6) is -0.938. The lowest BCUT2D eigenvalue weighted by Crippen LogP contribution is -2.11. The van der Waals surface area contributed by atoms with Crippen molar-refractivity contribution in [3.8, 4) is 0 Å². The van der Waals surface area contributed by atoms with Crippen molar-refractivity contribution in [3.63, 3.8) is 0 Å². The molecule has 0 amide bonds. The average Bonchev–Trinajstić information content (AvgIpc) is 2.10. The van der Waals surface area contributed by atoms with Gasteiger partial charge in [-0.15, -0.1) is 0 Å². The Morgan fingerprint density at radius 1 is 1.33 bits per heavy atom. The summed E-state index contributed by atoms with van der Waals surface area (Å²) in [6.07, 6.45) is 0. The molecule has 0 spiro atoms. The third kappa shape index (κ3) is 3.21. The lowest BCUT2D eigenvalue weighted by molar-refractivity contribution is 0.0697. The molecule has 0 saturated heterocycles. The Morgan fingerprint density at radius 3 is 2.13 bits per heavy atom. The van der Waals surface area contributed by atoms with E-state index in [1.807, 2.05) is 13.8 Å². The number of hydrogen-bond donors (Lipinski definition) is 2. The van der Waals surface area contributed by atoms with Gasteiger partial charge in [0.25, 0.3) is 0 Å². The smallest absolute Gasteiger partial charge is 0.335 e. The summed E-state index contributed by atoms with van der Waals surface area (Å²) in [6.45, 7) is 4.04. The van der Waals surface area contributed by atoms with Crippen LogP contribution in [0.2, 0.25) is 0 Å². The molecule has 3 nitrogen and oxygen atoms in total. The summed E-state index contributed by atoms with van der Waals surface area (Å²) >= 11 is 6.68. The van der Waals surface area contributed by atoms with Gasteiger partial charge in [-0.05, 0) is 57.8 Å². The van der Waals surface area contributed by atoms with Crippen LogP contribution < -0.4 is 5.32 Å². The molecular weight excluding hydrogens is 326 g/mol. The highest BCUT2D eigenvalue weighted by molar-refractivity contribution is 9.11.